The number of nitrogens with zero attached hydrogens (tertiary/aromatic N) is 1. The van der Waals surface area contributed by atoms with E-state index >= 15 is 0 Å². The molecule has 0 radical (unpaired) electrons. The summed E-state index contributed by atoms with van der Waals surface area (Å²) >= 11 is 0. The maximum absolute atomic E-state index is 10.9. The highest BCUT2D eigenvalue weighted by Gasteiger charge is 2.41. The van der Waals surface area contributed by atoms with E-state index in [-0.39, 0.29) is 5.54 Å². The summed E-state index contributed by atoms with van der Waals surface area (Å²) in [5, 5.41) is 8.98. The average Bonchev–Trinajstić information content (AvgIpc) is 2.50. The number of hydrogen-bond donors (Lipinski definition) is 2. The van der Waals surface area contributed by atoms with E-state index in [9.17, 15) is 4.79 Å². The Labute approximate surface area is 78.7 Å². The lowest BCUT2D eigenvalue weighted by Gasteiger charge is -2.35. The highest BCUT2D eigenvalue weighted by molar-refractivity contribution is 5.66. The minimum absolute atomic E-state index is 0.263. The molecule has 0 unspecified atom stereocenters. The van der Waals surface area contributed by atoms with Crippen LogP contribution in [-0.4, -0.2) is 34.7 Å². The lowest BCUT2D eigenvalue weighted by Crippen LogP contribution is -2.51. The van der Waals surface area contributed by atoms with Crippen LogP contribution in [0.15, 0.2) is 0 Å². The van der Waals surface area contributed by atoms with E-state index in [1.54, 1.807) is 0 Å². The van der Waals surface area contributed by atoms with Crippen molar-refractivity contribution < 1.29 is 9.90 Å². The van der Waals surface area contributed by atoms with E-state index in [4.69, 9.17) is 10.8 Å². The molecule has 1 aliphatic rings. The van der Waals surface area contributed by atoms with Crippen molar-refractivity contribution in [3.63, 3.8) is 0 Å². The Bertz CT molecular complexity index is 196. The Morgan fingerprint density at radius 3 is 2.85 bits per heavy atom. The van der Waals surface area contributed by atoms with E-state index in [2.05, 4.69) is 6.92 Å². The molecule has 1 saturated heterocycles. The predicted molar refractivity (Wildman–Crippen MR) is 50.7 cm³/mol. The van der Waals surface area contributed by atoms with Crippen LogP contribution in [0.25, 0.3) is 0 Å². The second-order valence-electron chi connectivity index (χ2n) is 3.72. The van der Waals surface area contributed by atoms with Crippen LogP contribution >= 0.6 is 0 Å². The molecule has 4 heteroatoms. The Kier molecular flexibility index (Phi) is 3.14. The van der Waals surface area contributed by atoms with Gasteiger partial charge in [0.25, 0.3) is 0 Å². The van der Waals surface area contributed by atoms with E-state index in [0.717, 1.165) is 25.7 Å². The fourth-order valence-corrected chi connectivity index (χ4v) is 2.28. The summed E-state index contributed by atoms with van der Waals surface area (Å²) in [6.45, 7) is 3.16. The maximum Gasteiger partial charge on any atom is 0.407 e. The molecular weight excluding hydrogens is 168 g/mol. The quantitative estimate of drug-likeness (QED) is 0.697. The second-order valence-corrected chi connectivity index (χ2v) is 3.72. The molecule has 0 aliphatic carbocycles. The van der Waals surface area contributed by atoms with Gasteiger partial charge in [0, 0.05) is 13.1 Å². The van der Waals surface area contributed by atoms with Crippen molar-refractivity contribution in [2.24, 2.45) is 5.73 Å². The first-order chi connectivity index (χ1) is 6.16. The first-order valence-electron chi connectivity index (χ1n) is 4.87. The summed E-state index contributed by atoms with van der Waals surface area (Å²) in [5.74, 6) is 0. The van der Waals surface area contributed by atoms with E-state index in [1.165, 1.54) is 4.90 Å². The van der Waals surface area contributed by atoms with Gasteiger partial charge in [-0.1, -0.05) is 13.3 Å². The number of carboxylic acid groups (broad SMARTS) is 1. The minimum Gasteiger partial charge on any atom is -0.465 e. The fraction of sp³-hybridized carbons (Fsp3) is 0.889. The molecule has 1 aliphatic heterocycles. The van der Waals surface area contributed by atoms with Crippen LogP contribution in [0.3, 0.4) is 0 Å². The van der Waals surface area contributed by atoms with Crippen LogP contribution in [0.2, 0.25) is 0 Å². The number of nitrogens with two attached hydrogens (primary N) is 1. The Morgan fingerprint density at radius 1 is 1.69 bits per heavy atom. The van der Waals surface area contributed by atoms with Crippen molar-refractivity contribution in [2.75, 3.05) is 13.1 Å². The summed E-state index contributed by atoms with van der Waals surface area (Å²) < 4.78 is 0. The molecule has 1 heterocycles. The molecule has 13 heavy (non-hydrogen) atoms. The van der Waals surface area contributed by atoms with Crippen LogP contribution in [0.1, 0.15) is 32.6 Å². The summed E-state index contributed by atoms with van der Waals surface area (Å²) in [5.41, 5.74) is 5.41. The third-order valence-electron chi connectivity index (χ3n) is 2.92. The van der Waals surface area contributed by atoms with Crippen LogP contribution in [-0.2, 0) is 0 Å². The van der Waals surface area contributed by atoms with Crippen LogP contribution < -0.4 is 5.73 Å². The molecule has 0 saturated carbocycles. The van der Waals surface area contributed by atoms with Crippen LogP contribution in [0, 0.1) is 0 Å². The molecule has 3 N–H and O–H groups in total. The Balaban J connectivity index is 2.76. The Morgan fingerprint density at radius 2 is 2.38 bits per heavy atom. The van der Waals surface area contributed by atoms with Gasteiger partial charge < -0.3 is 15.7 Å². The molecular formula is C9H18N2O2. The second kappa shape index (κ2) is 3.96. The largest absolute Gasteiger partial charge is 0.465 e. The number of amides is 1. The first kappa shape index (κ1) is 10.3. The lowest BCUT2D eigenvalue weighted by molar-refractivity contribution is 0.100. The third kappa shape index (κ3) is 1.77. The number of carbonyl (C=O) groups is 1. The zero-order valence-corrected chi connectivity index (χ0v) is 8.12. The molecule has 0 aromatic heterocycles. The SMILES string of the molecule is CCC[C@@]1(CN)CCCN1C(=O)O. The predicted octanol–water partition coefficient (Wildman–Crippen LogP) is 1.26. The molecule has 0 aromatic rings. The molecule has 76 valence electrons. The smallest absolute Gasteiger partial charge is 0.407 e. The zero-order valence-electron chi connectivity index (χ0n) is 8.12. The van der Waals surface area contributed by atoms with Gasteiger partial charge in [0.05, 0.1) is 5.54 Å². The molecule has 0 aromatic carbocycles. The normalized spacial score (nSPS) is 28.0. The third-order valence-corrected chi connectivity index (χ3v) is 2.92. The van der Waals surface area contributed by atoms with Gasteiger partial charge in [-0.2, -0.15) is 0 Å². The summed E-state index contributed by atoms with van der Waals surface area (Å²) in [6.07, 6.45) is 2.92. The summed E-state index contributed by atoms with van der Waals surface area (Å²) in [4.78, 5) is 12.4. The lowest BCUT2D eigenvalue weighted by atomic mass is 9.91. The van der Waals surface area contributed by atoms with Gasteiger partial charge in [0.2, 0.25) is 0 Å². The van der Waals surface area contributed by atoms with E-state index < -0.39 is 6.09 Å². The first-order valence-corrected chi connectivity index (χ1v) is 4.87. The zero-order chi connectivity index (χ0) is 9.90. The van der Waals surface area contributed by atoms with Gasteiger partial charge in [-0.3, -0.25) is 0 Å². The van der Waals surface area contributed by atoms with Gasteiger partial charge in [-0.05, 0) is 19.3 Å². The molecule has 0 bridgehead atoms. The van der Waals surface area contributed by atoms with E-state index in [1.807, 2.05) is 0 Å². The maximum atomic E-state index is 10.9. The Hall–Kier alpha value is -0.770. The van der Waals surface area contributed by atoms with Crippen LogP contribution in [0.4, 0.5) is 4.79 Å². The van der Waals surface area contributed by atoms with Gasteiger partial charge in [0.1, 0.15) is 0 Å². The standard InChI is InChI=1S/C9H18N2O2/c1-2-4-9(7-10)5-3-6-11(9)8(12)13/h2-7,10H2,1H3,(H,12,13)/t9-/m0/s1. The van der Waals surface area contributed by atoms with Crippen molar-refractivity contribution in [1.29, 1.82) is 0 Å². The molecule has 1 fully saturated rings. The number of likely N-dealkylation sites (tertiary alicyclic amines) is 1. The highest BCUT2D eigenvalue weighted by atomic mass is 16.4. The van der Waals surface area contributed by atoms with Crippen molar-refractivity contribution in [3.05, 3.63) is 0 Å². The van der Waals surface area contributed by atoms with Crippen molar-refractivity contribution >= 4 is 6.09 Å². The monoisotopic (exact) mass is 186 g/mol. The molecule has 1 atom stereocenters. The summed E-state index contributed by atoms with van der Waals surface area (Å²) in [6, 6.07) is 0. The highest BCUT2D eigenvalue weighted by Crippen LogP contribution is 2.32. The molecule has 1 rings (SSSR count). The van der Waals surface area contributed by atoms with Crippen molar-refractivity contribution in [2.45, 2.75) is 38.1 Å². The van der Waals surface area contributed by atoms with Gasteiger partial charge in [-0.25, -0.2) is 4.79 Å². The van der Waals surface area contributed by atoms with E-state index in [0.29, 0.717) is 13.1 Å². The summed E-state index contributed by atoms with van der Waals surface area (Å²) in [7, 11) is 0. The van der Waals surface area contributed by atoms with Gasteiger partial charge >= 0.3 is 6.09 Å². The van der Waals surface area contributed by atoms with Gasteiger partial charge in [-0.15, -0.1) is 0 Å². The molecule has 0 spiro atoms. The molecule has 4 nitrogen and oxygen atoms in total. The molecule has 1 amide bonds. The number of hydrogen-bond acceptors (Lipinski definition) is 2. The van der Waals surface area contributed by atoms with Gasteiger partial charge in [0.15, 0.2) is 0 Å². The minimum atomic E-state index is -0.823. The fourth-order valence-electron chi connectivity index (χ4n) is 2.28. The average molecular weight is 186 g/mol. The van der Waals surface area contributed by atoms with Crippen molar-refractivity contribution in [3.8, 4) is 0 Å². The van der Waals surface area contributed by atoms with Crippen molar-refractivity contribution in [1.82, 2.24) is 4.90 Å². The number of rotatable bonds is 3. The van der Waals surface area contributed by atoms with Crippen LogP contribution in [0.5, 0.6) is 0 Å². The topological polar surface area (TPSA) is 66.6 Å².